The second kappa shape index (κ2) is 17.6. The number of urea groups is 1. The number of amides is 4. The molecule has 4 amide bonds. The lowest BCUT2D eigenvalue weighted by molar-refractivity contribution is -0.143. The SMILES string of the molecule is CC(=O)[C@H](Cc1ccccc1)NC(=O)CC[C@H](NC(=O)CC[C@H](NC(=O)N[C@@H](CCC(=O)O)C(=O)O)C(=O)O)C(=O)O. The molecule has 0 bridgehead atoms. The molecule has 0 radical (unpaired) electrons. The van der Waals surface area contributed by atoms with Crippen LogP contribution in [0.1, 0.15) is 51.0 Å². The first-order chi connectivity index (χ1) is 19.7. The van der Waals surface area contributed by atoms with E-state index in [1.165, 1.54) is 6.92 Å². The number of aliphatic carboxylic acids is 4. The summed E-state index contributed by atoms with van der Waals surface area (Å²) >= 11 is 0. The van der Waals surface area contributed by atoms with Crippen LogP contribution in [-0.4, -0.2) is 92.1 Å². The Morgan fingerprint density at radius 1 is 0.595 bits per heavy atom. The molecule has 0 aliphatic rings. The molecule has 0 unspecified atom stereocenters. The number of nitrogens with one attached hydrogen (secondary N) is 4. The molecule has 16 heteroatoms. The van der Waals surface area contributed by atoms with Crippen LogP contribution >= 0.6 is 0 Å². The Balaban J connectivity index is 2.63. The van der Waals surface area contributed by atoms with Crippen molar-refractivity contribution >= 4 is 47.5 Å². The highest BCUT2D eigenvalue weighted by atomic mass is 16.4. The zero-order valence-corrected chi connectivity index (χ0v) is 22.7. The van der Waals surface area contributed by atoms with Crippen molar-refractivity contribution in [3.05, 3.63) is 35.9 Å². The molecular formula is C26H34N4O12. The molecule has 0 fully saturated rings. The second-order valence-electron chi connectivity index (χ2n) is 9.29. The third kappa shape index (κ3) is 13.9. The Hall–Kier alpha value is -5.02. The molecule has 0 saturated heterocycles. The summed E-state index contributed by atoms with van der Waals surface area (Å²) in [4.78, 5) is 93.7. The van der Waals surface area contributed by atoms with Gasteiger partial charge >= 0.3 is 29.9 Å². The summed E-state index contributed by atoms with van der Waals surface area (Å²) in [6.07, 6.45) is -2.55. The first-order valence-electron chi connectivity index (χ1n) is 12.8. The van der Waals surface area contributed by atoms with Crippen LogP contribution in [0.5, 0.6) is 0 Å². The highest BCUT2D eigenvalue weighted by Gasteiger charge is 2.27. The molecule has 0 spiro atoms. The van der Waals surface area contributed by atoms with Crippen LogP contribution < -0.4 is 21.3 Å². The van der Waals surface area contributed by atoms with E-state index in [0.717, 1.165) is 5.56 Å². The summed E-state index contributed by atoms with van der Waals surface area (Å²) in [6, 6.07) is 2.04. The molecule has 230 valence electrons. The number of hydrogen-bond acceptors (Lipinski definition) is 8. The number of carboxylic acids is 4. The number of ketones is 1. The van der Waals surface area contributed by atoms with E-state index in [9.17, 15) is 48.6 Å². The molecule has 1 aromatic rings. The van der Waals surface area contributed by atoms with Gasteiger partial charge in [-0.2, -0.15) is 0 Å². The van der Waals surface area contributed by atoms with Crippen LogP contribution in [0.2, 0.25) is 0 Å². The van der Waals surface area contributed by atoms with Gasteiger partial charge in [0.15, 0.2) is 5.78 Å². The third-order valence-corrected chi connectivity index (χ3v) is 5.92. The molecule has 16 nitrogen and oxygen atoms in total. The quantitative estimate of drug-likeness (QED) is 0.101. The number of rotatable bonds is 19. The lowest BCUT2D eigenvalue weighted by Gasteiger charge is -2.19. The van der Waals surface area contributed by atoms with Gasteiger partial charge in [-0.3, -0.25) is 19.2 Å². The summed E-state index contributed by atoms with van der Waals surface area (Å²) in [5.74, 6) is -7.69. The van der Waals surface area contributed by atoms with Gasteiger partial charge in [0.25, 0.3) is 0 Å². The summed E-state index contributed by atoms with van der Waals surface area (Å²) < 4.78 is 0. The van der Waals surface area contributed by atoms with Crippen LogP contribution in [0, 0.1) is 0 Å². The monoisotopic (exact) mass is 594 g/mol. The molecule has 0 aromatic heterocycles. The van der Waals surface area contributed by atoms with Crippen molar-refractivity contribution in [2.75, 3.05) is 0 Å². The van der Waals surface area contributed by atoms with Crippen LogP contribution in [0.25, 0.3) is 0 Å². The van der Waals surface area contributed by atoms with Crippen molar-refractivity contribution < 1.29 is 58.8 Å². The van der Waals surface area contributed by atoms with E-state index in [2.05, 4.69) is 10.6 Å². The summed E-state index contributed by atoms with van der Waals surface area (Å²) in [5.41, 5.74) is 0.806. The molecule has 8 N–H and O–H groups in total. The fourth-order valence-electron chi connectivity index (χ4n) is 3.63. The molecule has 0 aliphatic carbocycles. The average Bonchev–Trinajstić information content (AvgIpc) is 2.90. The van der Waals surface area contributed by atoms with Crippen molar-refractivity contribution in [1.82, 2.24) is 21.3 Å². The first kappa shape index (κ1) is 35.0. The summed E-state index contributed by atoms with van der Waals surface area (Å²) in [5, 5.41) is 45.2. The topological polar surface area (TPSA) is 266 Å². The first-order valence-corrected chi connectivity index (χ1v) is 12.8. The Bertz CT molecular complexity index is 1160. The maximum absolute atomic E-state index is 12.4. The van der Waals surface area contributed by atoms with Crippen molar-refractivity contribution in [3.8, 4) is 0 Å². The highest BCUT2D eigenvalue weighted by molar-refractivity contribution is 5.89. The molecular weight excluding hydrogens is 560 g/mol. The van der Waals surface area contributed by atoms with Gasteiger partial charge in [-0.25, -0.2) is 19.2 Å². The van der Waals surface area contributed by atoms with Crippen LogP contribution in [0.15, 0.2) is 30.3 Å². The van der Waals surface area contributed by atoms with Gasteiger partial charge < -0.3 is 41.7 Å². The van der Waals surface area contributed by atoms with E-state index in [-0.39, 0.29) is 25.0 Å². The third-order valence-electron chi connectivity index (χ3n) is 5.92. The molecule has 0 aliphatic heterocycles. The van der Waals surface area contributed by atoms with Crippen LogP contribution in [0.4, 0.5) is 4.79 Å². The summed E-state index contributed by atoms with van der Waals surface area (Å²) in [6.45, 7) is 1.31. The molecule has 1 aromatic carbocycles. The van der Waals surface area contributed by atoms with Crippen LogP contribution in [0.3, 0.4) is 0 Å². The maximum atomic E-state index is 12.4. The van der Waals surface area contributed by atoms with Crippen molar-refractivity contribution in [2.45, 2.75) is 76.0 Å². The zero-order chi connectivity index (χ0) is 31.8. The van der Waals surface area contributed by atoms with Crippen molar-refractivity contribution in [1.29, 1.82) is 0 Å². The Labute approximate surface area is 239 Å². The Morgan fingerprint density at radius 3 is 1.40 bits per heavy atom. The van der Waals surface area contributed by atoms with Crippen molar-refractivity contribution in [2.24, 2.45) is 0 Å². The summed E-state index contributed by atoms with van der Waals surface area (Å²) in [7, 11) is 0. The van der Waals surface area contributed by atoms with E-state index in [1.807, 2.05) is 10.6 Å². The predicted molar refractivity (Wildman–Crippen MR) is 142 cm³/mol. The minimum Gasteiger partial charge on any atom is -0.481 e. The molecule has 4 atom stereocenters. The number of carbonyl (C=O) groups excluding carboxylic acids is 4. The van der Waals surface area contributed by atoms with E-state index in [1.54, 1.807) is 30.3 Å². The Kier molecular flexibility index (Phi) is 14.7. The van der Waals surface area contributed by atoms with Gasteiger partial charge in [0.05, 0.1) is 6.04 Å². The molecule has 1 rings (SSSR count). The zero-order valence-electron chi connectivity index (χ0n) is 22.7. The number of carbonyl (C=O) groups is 8. The van der Waals surface area contributed by atoms with Gasteiger partial charge in [-0.15, -0.1) is 0 Å². The van der Waals surface area contributed by atoms with Crippen molar-refractivity contribution in [3.63, 3.8) is 0 Å². The molecule has 0 heterocycles. The number of Topliss-reactive ketones (excluding diaryl/α,β-unsaturated/α-hetero) is 1. The molecule has 42 heavy (non-hydrogen) atoms. The second-order valence-corrected chi connectivity index (χ2v) is 9.29. The minimum atomic E-state index is -1.67. The normalized spacial score (nSPS) is 13.4. The standard InChI is InChI=1S/C26H34N4O12/c1-14(31)19(13-15-5-3-2-4-6-15)28-21(33)10-7-16(23(36)37)27-20(32)11-8-17(24(38)39)29-26(42)30-18(25(40)41)9-12-22(34)35/h2-6,16-19H,7-13H2,1H3,(H,27,32)(H,28,33)(H,34,35)(H,36,37)(H,38,39)(H,40,41)(H2,29,30,42)/t16-,17-,18-,19-/m0/s1. The fourth-order valence-corrected chi connectivity index (χ4v) is 3.63. The predicted octanol–water partition coefficient (Wildman–Crippen LogP) is -0.497. The van der Waals surface area contributed by atoms with E-state index in [4.69, 9.17) is 10.2 Å². The van der Waals surface area contributed by atoms with Crippen LogP contribution in [-0.2, 0) is 40.0 Å². The fraction of sp³-hybridized carbons (Fsp3) is 0.462. The maximum Gasteiger partial charge on any atom is 0.326 e. The largest absolute Gasteiger partial charge is 0.481 e. The molecule has 0 saturated carbocycles. The van der Waals surface area contributed by atoms with Gasteiger partial charge in [-0.1, -0.05) is 30.3 Å². The van der Waals surface area contributed by atoms with E-state index < -0.39 is 91.6 Å². The highest BCUT2D eigenvalue weighted by Crippen LogP contribution is 2.07. The number of carboxylic acid groups (broad SMARTS) is 4. The van der Waals surface area contributed by atoms with Gasteiger partial charge in [-0.05, 0) is 38.2 Å². The van der Waals surface area contributed by atoms with E-state index >= 15 is 0 Å². The lowest BCUT2D eigenvalue weighted by Crippen LogP contribution is -2.51. The lowest BCUT2D eigenvalue weighted by atomic mass is 10.0. The average molecular weight is 595 g/mol. The van der Waals surface area contributed by atoms with Gasteiger partial charge in [0.1, 0.15) is 18.1 Å². The van der Waals surface area contributed by atoms with Gasteiger partial charge in [0, 0.05) is 19.3 Å². The minimum absolute atomic E-state index is 0.233. The van der Waals surface area contributed by atoms with Gasteiger partial charge in [0.2, 0.25) is 11.8 Å². The number of benzene rings is 1. The smallest absolute Gasteiger partial charge is 0.326 e. The van der Waals surface area contributed by atoms with E-state index in [0.29, 0.717) is 0 Å². The Morgan fingerprint density at radius 2 is 1.00 bits per heavy atom. The number of hydrogen-bond donors (Lipinski definition) is 8.